The van der Waals surface area contributed by atoms with Gasteiger partial charge in [0.2, 0.25) is 11.7 Å². The van der Waals surface area contributed by atoms with Gasteiger partial charge in [0.05, 0.1) is 16.8 Å². The Morgan fingerprint density at radius 2 is 2.27 bits per heavy atom. The van der Waals surface area contributed by atoms with Crippen molar-refractivity contribution in [2.75, 3.05) is 5.75 Å². The Bertz CT molecular complexity index is 794. The molecule has 1 atom stereocenters. The molecule has 0 saturated heterocycles. The SMILES string of the molecule is CCCC(C)NC(=O)CSc1n[nH]c2nc3ccccc3n12. The van der Waals surface area contributed by atoms with E-state index in [2.05, 4.69) is 27.4 Å². The fraction of sp³-hybridized carbons (Fsp3) is 0.400. The molecule has 6 nitrogen and oxygen atoms in total. The zero-order valence-electron chi connectivity index (χ0n) is 12.7. The Morgan fingerprint density at radius 1 is 1.45 bits per heavy atom. The largest absolute Gasteiger partial charge is 0.353 e. The number of nitrogens with zero attached hydrogens (tertiary/aromatic N) is 3. The minimum atomic E-state index is 0.0338. The van der Waals surface area contributed by atoms with Gasteiger partial charge in [0, 0.05) is 6.04 Å². The molecule has 3 aromatic rings. The van der Waals surface area contributed by atoms with Crippen molar-refractivity contribution in [1.29, 1.82) is 0 Å². The molecule has 0 radical (unpaired) electrons. The molecule has 2 aromatic heterocycles. The molecule has 0 aliphatic rings. The summed E-state index contributed by atoms with van der Waals surface area (Å²) < 4.78 is 1.95. The normalized spacial score (nSPS) is 12.8. The maximum absolute atomic E-state index is 12.0. The monoisotopic (exact) mass is 317 g/mol. The summed E-state index contributed by atoms with van der Waals surface area (Å²) in [5.41, 5.74) is 1.91. The molecule has 0 saturated carbocycles. The fourth-order valence-electron chi connectivity index (χ4n) is 2.49. The average molecular weight is 317 g/mol. The van der Waals surface area contributed by atoms with Crippen LogP contribution in [0.25, 0.3) is 16.8 Å². The maximum Gasteiger partial charge on any atom is 0.231 e. The molecule has 0 spiro atoms. The first-order valence-corrected chi connectivity index (χ1v) is 8.41. The van der Waals surface area contributed by atoms with Crippen LogP contribution in [0.15, 0.2) is 29.4 Å². The second-order valence-corrected chi connectivity index (χ2v) is 6.25. The van der Waals surface area contributed by atoms with Crippen molar-refractivity contribution >= 4 is 34.5 Å². The highest BCUT2D eigenvalue weighted by molar-refractivity contribution is 7.99. The second kappa shape index (κ2) is 6.39. The van der Waals surface area contributed by atoms with Crippen LogP contribution >= 0.6 is 11.8 Å². The van der Waals surface area contributed by atoms with Crippen LogP contribution in [0.5, 0.6) is 0 Å². The molecule has 2 N–H and O–H groups in total. The standard InChI is InChI=1S/C15H19N5OS/c1-3-6-10(2)16-13(21)9-22-15-19-18-14-17-11-7-4-5-8-12(11)20(14)15/h4-5,7-8,10H,3,6,9H2,1-2H3,(H,16,21)(H,17,18). The van der Waals surface area contributed by atoms with Crippen molar-refractivity contribution in [1.82, 2.24) is 24.9 Å². The van der Waals surface area contributed by atoms with Gasteiger partial charge in [-0.25, -0.2) is 10.1 Å². The molecule has 0 fully saturated rings. The summed E-state index contributed by atoms with van der Waals surface area (Å²) in [6.07, 6.45) is 2.06. The third-order valence-corrected chi connectivity index (χ3v) is 4.40. The van der Waals surface area contributed by atoms with E-state index < -0.39 is 0 Å². The third kappa shape index (κ3) is 2.94. The maximum atomic E-state index is 12.0. The van der Waals surface area contributed by atoms with E-state index in [1.54, 1.807) is 0 Å². The molecule has 22 heavy (non-hydrogen) atoms. The number of imidazole rings is 1. The molecule has 0 aliphatic heterocycles. The molecule has 1 unspecified atom stereocenters. The number of fused-ring (bicyclic) bond motifs is 3. The molecule has 1 aromatic carbocycles. The van der Waals surface area contributed by atoms with E-state index in [9.17, 15) is 4.79 Å². The van der Waals surface area contributed by atoms with Crippen LogP contribution < -0.4 is 5.32 Å². The first kappa shape index (κ1) is 14.9. The van der Waals surface area contributed by atoms with E-state index in [0.29, 0.717) is 11.5 Å². The van der Waals surface area contributed by atoms with E-state index in [4.69, 9.17) is 0 Å². The number of aromatic amines is 1. The zero-order chi connectivity index (χ0) is 15.5. The van der Waals surface area contributed by atoms with Crippen LogP contribution in [0.1, 0.15) is 26.7 Å². The first-order valence-electron chi connectivity index (χ1n) is 7.42. The number of amides is 1. The van der Waals surface area contributed by atoms with Crippen LogP contribution in [0.2, 0.25) is 0 Å². The number of rotatable bonds is 6. The molecule has 0 aliphatic carbocycles. The minimum absolute atomic E-state index is 0.0338. The summed E-state index contributed by atoms with van der Waals surface area (Å²) in [6, 6.07) is 8.10. The number of aromatic nitrogens is 4. The van der Waals surface area contributed by atoms with Gasteiger partial charge in [-0.2, -0.15) is 0 Å². The van der Waals surface area contributed by atoms with Crippen molar-refractivity contribution in [2.45, 2.75) is 37.9 Å². The van der Waals surface area contributed by atoms with Crippen molar-refractivity contribution in [3.05, 3.63) is 24.3 Å². The van der Waals surface area contributed by atoms with E-state index in [1.165, 1.54) is 11.8 Å². The lowest BCUT2D eigenvalue weighted by atomic mass is 10.2. The molecular weight excluding hydrogens is 298 g/mol. The van der Waals surface area contributed by atoms with Gasteiger partial charge in [0.1, 0.15) is 0 Å². The van der Waals surface area contributed by atoms with E-state index in [-0.39, 0.29) is 11.9 Å². The van der Waals surface area contributed by atoms with Crippen LogP contribution in [-0.4, -0.2) is 37.3 Å². The van der Waals surface area contributed by atoms with E-state index in [1.807, 2.05) is 35.6 Å². The van der Waals surface area contributed by atoms with Crippen molar-refractivity contribution in [3.63, 3.8) is 0 Å². The highest BCUT2D eigenvalue weighted by Gasteiger charge is 2.14. The molecule has 2 heterocycles. The van der Waals surface area contributed by atoms with Gasteiger partial charge >= 0.3 is 0 Å². The van der Waals surface area contributed by atoms with Gasteiger partial charge in [-0.15, -0.1) is 5.10 Å². The van der Waals surface area contributed by atoms with E-state index in [0.717, 1.165) is 29.0 Å². The average Bonchev–Trinajstić information content (AvgIpc) is 3.04. The Balaban J connectivity index is 1.73. The molecule has 0 bridgehead atoms. The van der Waals surface area contributed by atoms with Gasteiger partial charge in [-0.05, 0) is 25.5 Å². The minimum Gasteiger partial charge on any atom is -0.353 e. The topological polar surface area (TPSA) is 75.1 Å². The van der Waals surface area contributed by atoms with Crippen molar-refractivity contribution in [2.24, 2.45) is 0 Å². The zero-order valence-corrected chi connectivity index (χ0v) is 13.5. The fourth-order valence-corrected chi connectivity index (χ4v) is 3.26. The Labute approximate surface area is 132 Å². The lowest BCUT2D eigenvalue weighted by Crippen LogP contribution is -2.33. The number of carbonyl (C=O) groups is 1. The van der Waals surface area contributed by atoms with Gasteiger partial charge in [0.25, 0.3) is 0 Å². The van der Waals surface area contributed by atoms with Crippen LogP contribution in [0, 0.1) is 0 Å². The molecule has 3 rings (SSSR count). The summed E-state index contributed by atoms with van der Waals surface area (Å²) in [5, 5.41) is 10.9. The summed E-state index contributed by atoms with van der Waals surface area (Å²) in [4.78, 5) is 16.4. The Morgan fingerprint density at radius 3 is 3.09 bits per heavy atom. The van der Waals surface area contributed by atoms with Gasteiger partial charge < -0.3 is 5.32 Å². The number of hydrogen-bond acceptors (Lipinski definition) is 4. The smallest absolute Gasteiger partial charge is 0.231 e. The summed E-state index contributed by atoms with van der Waals surface area (Å²) in [5.74, 6) is 1.08. The van der Waals surface area contributed by atoms with Crippen molar-refractivity contribution in [3.8, 4) is 0 Å². The number of carbonyl (C=O) groups excluding carboxylic acids is 1. The molecule has 116 valence electrons. The molecular formula is C15H19N5OS. The van der Waals surface area contributed by atoms with Crippen LogP contribution in [-0.2, 0) is 4.79 Å². The quantitative estimate of drug-likeness (QED) is 0.685. The summed E-state index contributed by atoms with van der Waals surface area (Å²) in [7, 11) is 0. The lowest BCUT2D eigenvalue weighted by molar-refractivity contribution is -0.119. The Kier molecular flexibility index (Phi) is 4.33. The molecule has 7 heteroatoms. The number of benzene rings is 1. The van der Waals surface area contributed by atoms with E-state index >= 15 is 0 Å². The Hall–Kier alpha value is -2.02. The number of hydrogen-bond donors (Lipinski definition) is 2. The van der Waals surface area contributed by atoms with Crippen LogP contribution in [0.4, 0.5) is 0 Å². The summed E-state index contributed by atoms with van der Waals surface area (Å²) >= 11 is 1.41. The number of H-pyrrole nitrogens is 1. The number of nitrogens with one attached hydrogen (secondary N) is 2. The van der Waals surface area contributed by atoms with Crippen molar-refractivity contribution < 1.29 is 4.79 Å². The highest BCUT2D eigenvalue weighted by atomic mass is 32.2. The number of thioether (sulfide) groups is 1. The summed E-state index contributed by atoms with van der Waals surface area (Å²) in [6.45, 7) is 4.14. The highest BCUT2D eigenvalue weighted by Crippen LogP contribution is 2.22. The van der Waals surface area contributed by atoms with Crippen LogP contribution in [0.3, 0.4) is 0 Å². The second-order valence-electron chi connectivity index (χ2n) is 5.31. The van der Waals surface area contributed by atoms with Gasteiger partial charge in [-0.1, -0.05) is 37.2 Å². The van der Waals surface area contributed by atoms with Gasteiger partial charge in [-0.3, -0.25) is 9.20 Å². The van der Waals surface area contributed by atoms with Gasteiger partial charge in [0.15, 0.2) is 5.16 Å². The predicted octanol–water partition coefficient (Wildman–Crippen LogP) is 2.61. The third-order valence-electron chi connectivity index (χ3n) is 3.47. The lowest BCUT2D eigenvalue weighted by Gasteiger charge is -2.11. The number of para-hydroxylation sites is 2. The predicted molar refractivity (Wildman–Crippen MR) is 88.1 cm³/mol. The molecule has 1 amide bonds. The first-order chi connectivity index (χ1) is 10.7.